The number of carbonyl (C=O) groups excluding carboxylic acids is 1. The zero-order valence-electron chi connectivity index (χ0n) is 17.4. The first-order valence-corrected chi connectivity index (χ1v) is 10.4. The van der Waals surface area contributed by atoms with E-state index in [9.17, 15) is 22.9 Å². The van der Waals surface area contributed by atoms with E-state index in [1.807, 2.05) is 0 Å². The Bertz CT molecular complexity index is 924. The molecular formula is C19H23F3N3O5S+. The van der Waals surface area contributed by atoms with E-state index in [0.717, 1.165) is 24.9 Å². The number of fused-ring (bicyclic) bond motifs is 1. The van der Waals surface area contributed by atoms with Crippen molar-refractivity contribution < 1.29 is 37.2 Å². The summed E-state index contributed by atoms with van der Waals surface area (Å²) in [4.78, 5) is 33.0. The van der Waals surface area contributed by atoms with Gasteiger partial charge in [-0.1, -0.05) is 11.8 Å². The predicted octanol–water partition coefficient (Wildman–Crippen LogP) is 3.74. The van der Waals surface area contributed by atoms with Gasteiger partial charge in [0.05, 0.1) is 23.7 Å². The van der Waals surface area contributed by atoms with Gasteiger partial charge in [0, 0.05) is 23.3 Å². The SMILES string of the molecule is CO[N+](=O)c1cc(F)c(F)c([C@]23CO[C@H](CF)[C@H]2CSC(NC(=O)OC(C)(C)C)=N3)c1. The van der Waals surface area contributed by atoms with Crippen LogP contribution in [0, 0.1) is 22.5 Å². The average molecular weight is 462 g/mol. The number of amidine groups is 1. The third-order valence-electron chi connectivity index (χ3n) is 4.90. The lowest BCUT2D eigenvalue weighted by Crippen LogP contribution is -2.45. The fraction of sp³-hybridized carbons (Fsp3) is 0.579. The lowest BCUT2D eigenvalue weighted by Gasteiger charge is -2.36. The van der Waals surface area contributed by atoms with Crippen LogP contribution >= 0.6 is 11.8 Å². The summed E-state index contributed by atoms with van der Waals surface area (Å²) >= 11 is 1.11. The summed E-state index contributed by atoms with van der Waals surface area (Å²) in [6.07, 6.45) is -1.69. The van der Waals surface area contributed by atoms with Crippen molar-refractivity contribution in [2.24, 2.45) is 10.9 Å². The summed E-state index contributed by atoms with van der Waals surface area (Å²) in [7, 11) is 1.07. The standard InChI is InChI=1S/C19H22F3N3O5S/c1-18(2,3)30-17(26)23-16-24-19(9-29-14(7-20)12(19)8-31-16)11-5-10(25(27)28-4)6-13(21)15(11)22/h5-6,12,14H,7-9H2,1-4H3/p+1/t12-,14-,19-/m1/s1. The van der Waals surface area contributed by atoms with E-state index in [1.165, 1.54) is 0 Å². The van der Waals surface area contributed by atoms with E-state index in [-0.39, 0.29) is 33.7 Å². The van der Waals surface area contributed by atoms with Gasteiger partial charge in [0.2, 0.25) is 0 Å². The minimum absolute atomic E-state index is 0.0151. The number of nitrogens with zero attached hydrogens (tertiary/aromatic N) is 2. The van der Waals surface area contributed by atoms with Crippen LogP contribution < -0.4 is 5.32 Å². The molecule has 0 radical (unpaired) electrons. The molecule has 0 unspecified atom stereocenters. The van der Waals surface area contributed by atoms with Crippen LogP contribution in [-0.2, 0) is 19.9 Å². The molecule has 0 aromatic heterocycles. The van der Waals surface area contributed by atoms with Crippen molar-refractivity contribution in [3.8, 4) is 0 Å². The molecule has 1 N–H and O–H groups in total. The molecule has 3 rings (SSSR count). The zero-order chi connectivity index (χ0) is 23.0. The number of alkyl halides is 1. The van der Waals surface area contributed by atoms with Crippen molar-refractivity contribution >= 4 is 28.7 Å². The van der Waals surface area contributed by atoms with E-state index < -0.39 is 47.6 Å². The molecule has 2 heterocycles. The molecule has 0 bridgehead atoms. The van der Waals surface area contributed by atoms with Crippen molar-refractivity contribution in [2.45, 2.75) is 38.0 Å². The van der Waals surface area contributed by atoms with E-state index >= 15 is 0 Å². The van der Waals surface area contributed by atoms with Crippen molar-refractivity contribution in [1.82, 2.24) is 5.32 Å². The number of carbonyl (C=O) groups is 1. The van der Waals surface area contributed by atoms with Crippen molar-refractivity contribution in [3.63, 3.8) is 0 Å². The van der Waals surface area contributed by atoms with Crippen molar-refractivity contribution in [2.75, 3.05) is 26.1 Å². The van der Waals surface area contributed by atoms with Crippen LogP contribution in [0.25, 0.3) is 0 Å². The number of ether oxygens (including phenoxy) is 2. The van der Waals surface area contributed by atoms with Crippen LogP contribution in [0.1, 0.15) is 26.3 Å². The average Bonchev–Trinajstić information content (AvgIpc) is 3.06. The number of rotatable bonds is 4. The molecule has 1 amide bonds. The maximum atomic E-state index is 14.9. The van der Waals surface area contributed by atoms with Gasteiger partial charge in [-0.05, 0) is 20.8 Å². The number of aliphatic imine (C=N–C) groups is 1. The second kappa shape index (κ2) is 8.65. The third kappa shape index (κ3) is 4.64. The molecule has 31 heavy (non-hydrogen) atoms. The highest BCUT2D eigenvalue weighted by molar-refractivity contribution is 8.13. The molecule has 1 aromatic carbocycles. The molecule has 8 nitrogen and oxygen atoms in total. The van der Waals surface area contributed by atoms with E-state index in [2.05, 4.69) is 15.1 Å². The summed E-state index contributed by atoms with van der Waals surface area (Å²) < 4.78 is 53.6. The lowest BCUT2D eigenvalue weighted by atomic mass is 9.78. The molecular weight excluding hydrogens is 439 g/mol. The second-order valence-corrected chi connectivity index (χ2v) is 9.13. The van der Waals surface area contributed by atoms with E-state index in [0.29, 0.717) is 6.07 Å². The number of hydrogen-bond acceptors (Lipinski definition) is 7. The molecule has 0 saturated carbocycles. The fourth-order valence-corrected chi connectivity index (χ4v) is 4.76. The van der Waals surface area contributed by atoms with Crippen LogP contribution in [-0.4, -0.2) is 54.0 Å². The number of hydrogen-bond donors (Lipinski definition) is 1. The summed E-state index contributed by atoms with van der Waals surface area (Å²) in [5.41, 5.74) is -2.91. The molecule has 0 spiro atoms. The smallest absolute Gasteiger partial charge is 0.413 e. The number of thioether (sulfide) groups is 1. The van der Waals surface area contributed by atoms with Crippen LogP contribution in [0.15, 0.2) is 17.1 Å². The molecule has 0 aliphatic carbocycles. The van der Waals surface area contributed by atoms with Gasteiger partial charge in [0.25, 0.3) is 4.92 Å². The zero-order valence-corrected chi connectivity index (χ0v) is 18.2. The number of nitrogens with one attached hydrogen (secondary N) is 1. The Morgan fingerprint density at radius 2 is 2.13 bits per heavy atom. The van der Waals surface area contributed by atoms with Gasteiger partial charge < -0.3 is 9.47 Å². The normalized spacial score (nSPS) is 25.5. The van der Waals surface area contributed by atoms with Gasteiger partial charge in [-0.15, -0.1) is 0 Å². The Labute approximate surface area is 181 Å². The van der Waals surface area contributed by atoms with E-state index in [1.54, 1.807) is 20.8 Å². The summed E-state index contributed by atoms with van der Waals surface area (Å²) in [6.45, 7) is 3.94. The lowest BCUT2D eigenvalue weighted by molar-refractivity contribution is -0.736. The maximum absolute atomic E-state index is 14.9. The van der Waals surface area contributed by atoms with Crippen molar-refractivity contribution in [3.05, 3.63) is 34.2 Å². The molecule has 2 aliphatic heterocycles. The first-order valence-electron chi connectivity index (χ1n) is 9.42. The molecule has 1 fully saturated rings. The number of amides is 1. The Morgan fingerprint density at radius 1 is 1.42 bits per heavy atom. The summed E-state index contributed by atoms with van der Waals surface area (Å²) in [5.74, 6) is -3.00. The second-order valence-electron chi connectivity index (χ2n) is 8.12. The first-order chi connectivity index (χ1) is 14.5. The van der Waals surface area contributed by atoms with Crippen LogP contribution in [0.2, 0.25) is 0 Å². The summed E-state index contributed by atoms with van der Waals surface area (Å²) in [5, 5.41) is 2.58. The van der Waals surface area contributed by atoms with Crippen LogP contribution in [0.5, 0.6) is 0 Å². The van der Waals surface area contributed by atoms with Gasteiger partial charge in [-0.3, -0.25) is 5.32 Å². The molecule has 1 saturated heterocycles. The quantitative estimate of drug-likeness (QED) is 0.686. The molecule has 3 atom stereocenters. The van der Waals surface area contributed by atoms with Gasteiger partial charge in [0.1, 0.15) is 17.8 Å². The highest BCUT2D eigenvalue weighted by atomic mass is 32.2. The summed E-state index contributed by atoms with van der Waals surface area (Å²) in [6, 6.07) is 1.78. The largest absolute Gasteiger partial charge is 0.444 e. The Hall–Kier alpha value is -2.34. The van der Waals surface area contributed by atoms with Crippen LogP contribution in [0.3, 0.4) is 0 Å². The maximum Gasteiger partial charge on any atom is 0.413 e. The highest BCUT2D eigenvalue weighted by Crippen LogP contribution is 2.49. The van der Waals surface area contributed by atoms with Crippen molar-refractivity contribution in [1.29, 1.82) is 0 Å². The Kier molecular flexibility index (Phi) is 6.51. The topological polar surface area (TPSA) is 89.2 Å². The number of halogens is 3. The van der Waals surface area contributed by atoms with E-state index in [4.69, 9.17) is 9.47 Å². The predicted molar refractivity (Wildman–Crippen MR) is 107 cm³/mol. The van der Waals surface area contributed by atoms with Gasteiger partial charge in [0.15, 0.2) is 23.9 Å². The minimum Gasteiger partial charge on any atom is -0.444 e. The first kappa shape index (κ1) is 23.3. The van der Waals surface area contributed by atoms with Gasteiger partial charge in [-0.2, -0.15) is 0 Å². The third-order valence-corrected chi connectivity index (χ3v) is 5.89. The number of benzene rings is 1. The fourth-order valence-electron chi connectivity index (χ4n) is 3.55. The molecule has 170 valence electrons. The molecule has 2 aliphatic rings. The Balaban J connectivity index is 2.08. The van der Waals surface area contributed by atoms with Crippen LogP contribution in [0.4, 0.5) is 23.7 Å². The van der Waals surface area contributed by atoms with Gasteiger partial charge in [-0.25, -0.2) is 27.8 Å². The molecule has 1 aromatic rings. The number of alkyl carbamates (subject to hydrolysis) is 1. The molecule has 12 heteroatoms. The Morgan fingerprint density at radius 3 is 2.74 bits per heavy atom. The highest BCUT2D eigenvalue weighted by Gasteiger charge is 2.55. The van der Waals surface area contributed by atoms with Gasteiger partial charge >= 0.3 is 11.8 Å². The minimum atomic E-state index is -1.55. The monoisotopic (exact) mass is 462 g/mol.